The molecule has 5 heteroatoms. The van der Waals surface area contributed by atoms with Gasteiger partial charge in [-0.3, -0.25) is 4.90 Å². The maximum atomic E-state index is 12.4. The maximum Gasteiger partial charge on any atom is 0.319 e. The quantitative estimate of drug-likeness (QED) is 0.814. The summed E-state index contributed by atoms with van der Waals surface area (Å²) in [5.74, 6) is 0.672. The third kappa shape index (κ3) is 3.73. The average molecular weight is 329 g/mol. The number of ether oxygens (including phenoxy) is 1. The average Bonchev–Trinajstić information content (AvgIpc) is 2.56. The van der Waals surface area contributed by atoms with Crippen LogP contribution >= 0.6 is 0 Å². The Hall–Kier alpha value is -2.01. The van der Waals surface area contributed by atoms with Crippen molar-refractivity contribution in [3.63, 3.8) is 0 Å². The first-order valence-corrected chi connectivity index (χ1v) is 8.78. The van der Waals surface area contributed by atoms with Gasteiger partial charge in [0.1, 0.15) is 5.75 Å². The van der Waals surface area contributed by atoms with Crippen LogP contribution in [0.25, 0.3) is 0 Å². The fourth-order valence-electron chi connectivity index (χ4n) is 4.14. The van der Waals surface area contributed by atoms with Crippen molar-refractivity contribution in [2.75, 3.05) is 19.0 Å². The van der Waals surface area contributed by atoms with Crippen LogP contribution in [-0.2, 0) is 0 Å². The van der Waals surface area contributed by atoms with Gasteiger partial charge >= 0.3 is 6.03 Å². The Labute approximate surface area is 144 Å². The molecule has 2 heterocycles. The van der Waals surface area contributed by atoms with Crippen molar-refractivity contribution >= 4 is 11.7 Å². The number of methoxy groups -OCH3 is 1. The molecule has 2 aliphatic rings. The number of benzene rings is 1. The Bertz CT molecular complexity index is 576. The fraction of sp³-hybridized carbons (Fsp3) is 0.526. The monoisotopic (exact) mass is 329 g/mol. The van der Waals surface area contributed by atoms with E-state index in [0.29, 0.717) is 23.5 Å². The summed E-state index contributed by atoms with van der Waals surface area (Å²) in [6.07, 6.45) is 7.76. The predicted molar refractivity (Wildman–Crippen MR) is 96.5 cm³/mol. The van der Waals surface area contributed by atoms with Gasteiger partial charge in [0.25, 0.3) is 0 Å². The van der Waals surface area contributed by atoms with Crippen LogP contribution in [0.1, 0.15) is 32.1 Å². The molecule has 2 bridgehead atoms. The SMILES string of the molecule is C=CCN1[C@H]2CCC[C@H]1CC(NC(=O)Nc1ccccc1OC)C2. The van der Waals surface area contributed by atoms with Gasteiger partial charge in [-0.1, -0.05) is 24.6 Å². The first-order valence-electron chi connectivity index (χ1n) is 8.78. The van der Waals surface area contributed by atoms with Crippen LogP contribution < -0.4 is 15.4 Å². The Morgan fingerprint density at radius 2 is 2.04 bits per heavy atom. The molecule has 2 fully saturated rings. The number of nitrogens with one attached hydrogen (secondary N) is 2. The van der Waals surface area contributed by atoms with Crippen LogP contribution in [0.15, 0.2) is 36.9 Å². The zero-order valence-electron chi connectivity index (χ0n) is 14.3. The van der Waals surface area contributed by atoms with E-state index in [1.54, 1.807) is 7.11 Å². The molecular weight excluding hydrogens is 302 g/mol. The fourth-order valence-corrected chi connectivity index (χ4v) is 4.14. The molecule has 0 spiro atoms. The smallest absolute Gasteiger partial charge is 0.319 e. The molecule has 0 saturated carbocycles. The maximum absolute atomic E-state index is 12.4. The van der Waals surface area contributed by atoms with Crippen LogP contribution in [0.5, 0.6) is 5.75 Å². The molecule has 1 aromatic rings. The minimum absolute atomic E-state index is 0.153. The van der Waals surface area contributed by atoms with Gasteiger partial charge in [0, 0.05) is 24.7 Å². The standard InChI is InChI=1S/C19H27N3O2/c1-3-11-22-15-7-6-8-16(22)13-14(12-15)20-19(23)21-17-9-4-5-10-18(17)24-2/h3-5,9-10,14-16H,1,6-8,11-13H2,2H3,(H2,20,21,23)/t15-,16-/m0/s1. The van der Waals surface area contributed by atoms with E-state index in [0.717, 1.165) is 19.4 Å². The number of piperidine rings is 2. The second-order valence-electron chi connectivity index (χ2n) is 6.69. The van der Waals surface area contributed by atoms with Crippen LogP contribution in [0.2, 0.25) is 0 Å². The van der Waals surface area contributed by atoms with Crippen molar-refractivity contribution in [3.8, 4) is 5.75 Å². The van der Waals surface area contributed by atoms with Gasteiger partial charge in [-0.05, 0) is 37.8 Å². The zero-order valence-corrected chi connectivity index (χ0v) is 14.3. The van der Waals surface area contributed by atoms with Gasteiger partial charge < -0.3 is 15.4 Å². The van der Waals surface area contributed by atoms with Crippen LogP contribution in [0, 0.1) is 0 Å². The number of nitrogens with zero attached hydrogens (tertiary/aromatic N) is 1. The van der Waals surface area contributed by atoms with Crippen LogP contribution in [0.4, 0.5) is 10.5 Å². The van der Waals surface area contributed by atoms with Gasteiger partial charge in [-0.25, -0.2) is 4.79 Å². The molecule has 0 aromatic heterocycles. The lowest BCUT2D eigenvalue weighted by Gasteiger charge is -2.48. The minimum Gasteiger partial charge on any atom is -0.495 e. The van der Waals surface area contributed by atoms with Crippen molar-refractivity contribution in [2.24, 2.45) is 0 Å². The summed E-state index contributed by atoms with van der Waals surface area (Å²) in [6.45, 7) is 4.83. The van der Waals surface area contributed by atoms with Crippen molar-refractivity contribution < 1.29 is 9.53 Å². The highest BCUT2D eigenvalue weighted by atomic mass is 16.5. The number of para-hydroxylation sites is 2. The van der Waals surface area contributed by atoms with E-state index >= 15 is 0 Å². The van der Waals surface area contributed by atoms with E-state index in [-0.39, 0.29) is 12.1 Å². The third-order valence-corrected chi connectivity index (χ3v) is 5.16. The summed E-state index contributed by atoms with van der Waals surface area (Å²) in [7, 11) is 1.61. The van der Waals surface area contributed by atoms with Crippen molar-refractivity contribution in [3.05, 3.63) is 36.9 Å². The number of anilines is 1. The predicted octanol–water partition coefficient (Wildman–Crippen LogP) is 3.39. The Kier molecular flexibility index (Phi) is 5.41. The lowest BCUT2D eigenvalue weighted by molar-refractivity contribution is 0.0375. The molecule has 1 aromatic carbocycles. The van der Waals surface area contributed by atoms with E-state index in [4.69, 9.17) is 4.74 Å². The third-order valence-electron chi connectivity index (χ3n) is 5.16. The van der Waals surface area contributed by atoms with Gasteiger partial charge in [0.2, 0.25) is 0 Å². The molecule has 5 nitrogen and oxygen atoms in total. The molecule has 130 valence electrons. The minimum atomic E-state index is -0.153. The van der Waals surface area contributed by atoms with Gasteiger partial charge in [0.15, 0.2) is 0 Å². The van der Waals surface area contributed by atoms with Crippen LogP contribution in [-0.4, -0.2) is 42.7 Å². The van der Waals surface area contributed by atoms with Gasteiger partial charge in [0.05, 0.1) is 12.8 Å². The normalized spacial score (nSPS) is 26.5. The number of fused-ring (bicyclic) bond motifs is 2. The Morgan fingerprint density at radius 1 is 1.33 bits per heavy atom. The summed E-state index contributed by atoms with van der Waals surface area (Å²) in [5.41, 5.74) is 0.696. The number of carbonyl (C=O) groups is 1. The van der Waals surface area contributed by atoms with E-state index < -0.39 is 0 Å². The van der Waals surface area contributed by atoms with Crippen molar-refractivity contribution in [2.45, 2.75) is 50.2 Å². The second kappa shape index (κ2) is 7.71. The molecule has 0 aliphatic carbocycles. The zero-order chi connectivity index (χ0) is 16.9. The summed E-state index contributed by atoms with van der Waals surface area (Å²) in [6, 6.07) is 8.66. The number of carbonyl (C=O) groups excluding carboxylic acids is 1. The van der Waals surface area contributed by atoms with Crippen molar-refractivity contribution in [1.82, 2.24) is 10.2 Å². The number of hydrogen-bond acceptors (Lipinski definition) is 3. The number of urea groups is 1. The molecule has 2 amide bonds. The number of rotatable bonds is 5. The van der Waals surface area contributed by atoms with E-state index in [9.17, 15) is 4.79 Å². The molecular formula is C19H27N3O2. The van der Waals surface area contributed by atoms with Crippen LogP contribution in [0.3, 0.4) is 0 Å². The Morgan fingerprint density at radius 3 is 2.71 bits per heavy atom. The summed E-state index contributed by atoms with van der Waals surface area (Å²) < 4.78 is 5.28. The molecule has 24 heavy (non-hydrogen) atoms. The largest absolute Gasteiger partial charge is 0.495 e. The molecule has 0 unspecified atom stereocenters. The topological polar surface area (TPSA) is 53.6 Å². The van der Waals surface area contributed by atoms with E-state index in [2.05, 4.69) is 22.1 Å². The summed E-state index contributed by atoms with van der Waals surface area (Å²) in [4.78, 5) is 14.9. The number of hydrogen-bond donors (Lipinski definition) is 2. The van der Waals surface area contributed by atoms with E-state index in [1.807, 2.05) is 30.3 Å². The highest BCUT2D eigenvalue weighted by molar-refractivity contribution is 5.91. The molecule has 3 rings (SSSR count). The molecule has 2 saturated heterocycles. The highest BCUT2D eigenvalue weighted by Gasteiger charge is 2.37. The summed E-state index contributed by atoms with van der Waals surface area (Å²) >= 11 is 0. The highest BCUT2D eigenvalue weighted by Crippen LogP contribution is 2.34. The second-order valence-corrected chi connectivity index (χ2v) is 6.69. The lowest BCUT2D eigenvalue weighted by Crippen LogP contribution is -2.57. The molecule has 0 radical (unpaired) electrons. The first-order chi connectivity index (χ1) is 11.7. The molecule has 2 atom stereocenters. The van der Waals surface area contributed by atoms with Gasteiger partial charge in [-0.2, -0.15) is 0 Å². The molecule has 2 aliphatic heterocycles. The lowest BCUT2D eigenvalue weighted by atomic mass is 9.82. The number of amides is 2. The Balaban J connectivity index is 1.58. The summed E-state index contributed by atoms with van der Waals surface area (Å²) in [5, 5.41) is 6.06. The first kappa shape index (κ1) is 16.8. The van der Waals surface area contributed by atoms with E-state index in [1.165, 1.54) is 19.3 Å². The van der Waals surface area contributed by atoms with Gasteiger partial charge in [-0.15, -0.1) is 6.58 Å². The van der Waals surface area contributed by atoms with Crippen molar-refractivity contribution in [1.29, 1.82) is 0 Å². The molecule has 2 N–H and O–H groups in total.